The van der Waals surface area contributed by atoms with Crippen molar-refractivity contribution in [1.29, 1.82) is 0 Å². The van der Waals surface area contributed by atoms with Crippen LogP contribution in [0.15, 0.2) is 65.6 Å². The van der Waals surface area contributed by atoms with E-state index in [-0.39, 0.29) is 4.90 Å². The number of carbonyl (C=O) groups is 2. The highest BCUT2D eigenvalue weighted by atomic mass is 35.5. The summed E-state index contributed by atoms with van der Waals surface area (Å²) in [5, 5.41) is 0.535. The SMILES string of the molecule is COC(=O)C1(C(=O)OC)C=C(c2ccc(Cl)cc2)C(c2ccc(S(C)(=O)=O)cc2)=C1. The monoisotopic (exact) mass is 446 g/mol. The molecule has 0 saturated heterocycles. The molecule has 0 spiro atoms. The third kappa shape index (κ3) is 3.91. The highest BCUT2D eigenvalue weighted by molar-refractivity contribution is 7.90. The van der Waals surface area contributed by atoms with Crippen molar-refractivity contribution in [3.05, 3.63) is 76.8 Å². The summed E-state index contributed by atoms with van der Waals surface area (Å²) in [6.07, 6.45) is 4.09. The van der Waals surface area contributed by atoms with Gasteiger partial charge in [-0.1, -0.05) is 35.9 Å². The molecule has 30 heavy (non-hydrogen) atoms. The summed E-state index contributed by atoms with van der Waals surface area (Å²) in [6, 6.07) is 13.1. The number of carbonyl (C=O) groups excluding carboxylic acids is 2. The average molecular weight is 447 g/mol. The van der Waals surface area contributed by atoms with Gasteiger partial charge in [0.1, 0.15) is 0 Å². The van der Waals surface area contributed by atoms with E-state index in [0.717, 1.165) is 6.26 Å². The van der Waals surface area contributed by atoms with Gasteiger partial charge in [-0.05, 0) is 58.7 Å². The molecule has 1 aliphatic carbocycles. The Hall–Kier alpha value is -2.90. The first kappa shape index (κ1) is 21.8. The molecule has 0 N–H and O–H groups in total. The van der Waals surface area contributed by atoms with Gasteiger partial charge in [0.05, 0.1) is 19.1 Å². The van der Waals surface area contributed by atoms with Crippen LogP contribution >= 0.6 is 11.6 Å². The number of allylic oxidation sites excluding steroid dienone is 2. The van der Waals surface area contributed by atoms with Gasteiger partial charge in [0, 0.05) is 11.3 Å². The predicted molar refractivity (Wildman–Crippen MR) is 113 cm³/mol. The van der Waals surface area contributed by atoms with E-state index in [1.807, 2.05) is 0 Å². The smallest absolute Gasteiger partial charge is 0.331 e. The Kier molecular flexibility index (Phi) is 5.87. The van der Waals surface area contributed by atoms with E-state index in [4.69, 9.17) is 21.1 Å². The standard InChI is InChI=1S/C22H19ClO6S/c1-28-20(24)22(21(25)29-2)12-18(14-4-8-16(23)9-5-14)19(13-22)15-6-10-17(11-7-15)30(3,26)27/h4-13H,1-3H3. The van der Waals surface area contributed by atoms with Crippen molar-refractivity contribution in [3.63, 3.8) is 0 Å². The molecule has 1 aliphatic rings. The number of esters is 2. The molecular weight excluding hydrogens is 428 g/mol. The maximum absolute atomic E-state index is 12.6. The van der Waals surface area contributed by atoms with Crippen molar-refractivity contribution in [2.75, 3.05) is 20.5 Å². The zero-order chi connectivity index (χ0) is 22.1. The number of hydrogen-bond acceptors (Lipinski definition) is 6. The van der Waals surface area contributed by atoms with Crippen LogP contribution in [0.25, 0.3) is 11.1 Å². The van der Waals surface area contributed by atoms with Gasteiger partial charge in [0.25, 0.3) is 0 Å². The minimum Gasteiger partial charge on any atom is -0.468 e. The summed E-state index contributed by atoms with van der Waals surface area (Å²) in [5.74, 6) is -1.58. The molecule has 0 amide bonds. The fraction of sp³-hybridized carbons (Fsp3) is 0.182. The molecule has 0 heterocycles. The third-order valence-corrected chi connectivity index (χ3v) is 6.21. The number of hydrogen-bond donors (Lipinski definition) is 0. The largest absolute Gasteiger partial charge is 0.468 e. The number of rotatable bonds is 5. The molecule has 0 bridgehead atoms. The summed E-state index contributed by atoms with van der Waals surface area (Å²) in [5.41, 5.74) is 0.733. The van der Waals surface area contributed by atoms with Gasteiger partial charge in [0.2, 0.25) is 5.41 Å². The number of ether oxygens (including phenoxy) is 2. The van der Waals surface area contributed by atoms with E-state index in [0.29, 0.717) is 27.3 Å². The molecule has 0 aliphatic heterocycles. The lowest BCUT2D eigenvalue weighted by Crippen LogP contribution is -2.36. The van der Waals surface area contributed by atoms with Gasteiger partial charge in [-0.2, -0.15) is 0 Å². The number of methoxy groups -OCH3 is 2. The minimum absolute atomic E-state index is 0.161. The Bertz CT molecular complexity index is 1140. The highest BCUT2D eigenvalue weighted by Gasteiger charge is 2.49. The Labute approximate surface area is 179 Å². The van der Waals surface area contributed by atoms with Crippen LogP contribution in [0.5, 0.6) is 0 Å². The molecule has 3 rings (SSSR count). The van der Waals surface area contributed by atoms with Crippen molar-refractivity contribution >= 4 is 44.5 Å². The summed E-state index contributed by atoms with van der Waals surface area (Å²) >= 11 is 5.99. The van der Waals surface area contributed by atoms with Crippen LogP contribution in [0.3, 0.4) is 0 Å². The van der Waals surface area contributed by atoms with Crippen molar-refractivity contribution < 1.29 is 27.5 Å². The Morgan fingerprint density at radius 3 is 1.57 bits per heavy atom. The minimum atomic E-state index is -3.37. The second-order valence-corrected chi connectivity index (χ2v) is 9.22. The van der Waals surface area contributed by atoms with Crippen molar-refractivity contribution in [2.45, 2.75) is 4.90 Å². The van der Waals surface area contributed by atoms with E-state index < -0.39 is 27.2 Å². The lowest BCUT2D eigenvalue weighted by Gasteiger charge is -2.18. The lowest BCUT2D eigenvalue weighted by atomic mass is 9.89. The fourth-order valence-corrected chi connectivity index (χ4v) is 4.05. The number of sulfone groups is 1. The van der Waals surface area contributed by atoms with Crippen LogP contribution in [0.1, 0.15) is 11.1 Å². The Balaban J connectivity index is 2.23. The zero-order valence-corrected chi connectivity index (χ0v) is 18.1. The van der Waals surface area contributed by atoms with Gasteiger partial charge in [-0.15, -0.1) is 0 Å². The maximum Gasteiger partial charge on any atom is 0.331 e. The molecule has 0 radical (unpaired) electrons. The predicted octanol–water partition coefficient (Wildman–Crippen LogP) is 3.56. The highest BCUT2D eigenvalue weighted by Crippen LogP contribution is 2.45. The first-order valence-corrected chi connectivity index (χ1v) is 11.1. The van der Waals surface area contributed by atoms with Crippen LogP contribution in [0, 0.1) is 5.41 Å². The van der Waals surface area contributed by atoms with E-state index in [1.54, 1.807) is 36.4 Å². The molecule has 0 aromatic heterocycles. The molecule has 8 heteroatoms. The normalized spacial score (nSPS) is 15.2. The van der Waals surface area contributed by atoms with Crippen molar-refractivity contribution in [2.24, 2.45) is 5.41 Å². The molecular formula is C22H19ClO6S. The first-order chi connectivity index (χ1) is 14.1. The quantitative estimate of drug-likeness (QED) is 0.515. The molecule has 0 fully saturated rings. The van der Waals surface area contributed by atoms with Gasteiger partial charge in [-0.25, -0.2) is 8.42 Å². The maximum atomic E-state index is 12.6. The summed E-state index contributed by atoms with van der Waals surface area (Å²) in [7, 11) is -0.988. The third-order valence-electron chi connectivity index (χ3n) is 4.83. The van der Waals surface area contributed by atoms with E-state index >= 15 is 0 Å². The van der Waals surface area contributed by atoms with E-state index in [2.05, 4.69) is 0 Å². The van der Waals surface area contributed by atoms with Crippen LogP contribution in [0.4, 0.5) is 0 Å². The van der Waals surface area contributed by atoms with Crippen LogP contribution in [0.2, 0.25) is 5.02 Å². The van der Waals surface area contributed by atoms with E-state index in [9.17, 15) is 18.0 Å². The van der Waals surface area contributed by atoms with Crippen LogP contribution in [-0.2, 0) is 28.9 Å². The second-order valence-electron chi connectivity index (χ2n) is 6.77. The molecule has 6 nitrogen and oxygen atoms in total. The topological polar surface area (TPSA) is 86.7 Å². The van der Waals surface area contributed by atoms with Gasteiger partial charge in [0.15, 0.2) is 9.84 Å². The molecule has 0 atom stereocenters. The zero-order valence-electron chi connectivity index (χ0n) is 16.5. The van der Waals surface area contributed by atoms with Gasteiger partial charge in [-0.3, -0.25) is 9.59 Å². The van der Waals surface area contributed by atoms with E-state index in [1.165, 1.54) is 38.5 Å². The van der Waals surface area contributed by atoms with Gasteiger partial charge < -0.3 is 9.47 Å². The summed E-state index contributed by atoms with van der Waals surface area (Å²) in [4.78, 5) is 25.4. The molecule has 0 saturated carbocycles. The Morgan fingerprint density at radius 1 is 0.800 bits per heavy atom. The number of benzene rings is 2. The van der Waals surface area contributed by atoms with Gasteiger partial charge >= 0.3 is 11.9 Å². The lowest BCUT2D eigenvalue weighted by molar-refractivity contribution is -0.161. The van der Waals surface area contributed by atoms with Crippen LogP contribution < -0.4 is 0 Å². The van der Waals surface area contributed by atoms with Crippen LogP contribution in [-0.4, -0.2) is 40.8 Å². The molecule has 2 aromatic carbocycles. The molecule has 2 aromatic rings. The summed E-state index contributed by atoms with van der Waals surface area (Å²) < 4.78 is 33.3. The fourth-order valence-electron chi connectivity index (χ4n) is 3.30. The van der Waals surface area contributed by atoms with Crippen molar-refractivity contribution in [3.8, 4) is 0 Å². The molecule has 156 valence electrons. The Morgan fingerprint density at radius 2 is 1.20 bits per heavy atom. The molecule has 0 unspecified atom stereocenters. The second kappa shape index (κ2) is 8.08. The average Bonchev–Trinajstić information content (AvgIpc) is 3.14. The number of halogens is 1. The van der Waals surface area contributed by atoms with Crippen molar-refractivity contribution in [1.82, 2.24) is 0 Å². The first-order valence-electron chi connectivity index (χ1n) is 8.82. The summed E-state index contributed by atoms with van der Waals surface area (Å²) in [6.45, 7) is 0.